The third-order valence-corrected chi connectivity index (χ3v) is 4.40. The minimum absolute atomic E-state index is 0.0297. The second-order valence-electron chi connectivity index (χ2n) is 6.58. The van der Waals surface area contributed by atoms with Crippen molar-refractivity contribution < 1.29 is 13.6 Å². The number of benzene rings is 2. The Hall–Kier alpha value is -4.27. The molecule has 0 radical (unpaired) electrons. The van der Waals surface area contributed by atoms with E-state index in [1.165, 1.54) is 54.9 Å². The first-order chi connectivity index (χ1) is 14.9. The summed E-state index contributed by atoms with van der Waals surface area (Å²) in [6.45, 7) is 0.0297. The van der Waals surface area contributed by atoms with E-state index in [2.05, 4.69) is 15.6 Å². The standard InChI is InChI=1S/C22H20F2N6O/c23-16-1-3-18(4-2-16)29-12-15(10-25)14-7-13(8-17(24)9-14)11-30-22(31)19-5-6-28-21(27)20(19)26/h1-10,12,25,29H,11,26H2,(H2,27,28)(H,30,31)/b15-12+,25-10?. The summed E-state index contributed by atoms with van der Waals surface area (Å²) in [5.74, 6) is -1.31. The zero-order valence-corrected chi connectivity index (χ0v) is 16.3. The number of carbonyl (C=O) groups excluding carboxylic acids is 1. The number of anilines is 3. The Labute approximate surface area is 177 Å². The van der Waals surface area contributed by atoms with E-state index in [4.69, 9.17) is 16.9 Å². The van der Waals surface area contributed by atoms with E-state index in [9.17, 15) is 13.6 Å². The molecule has 7 nitrogen and oxygen atoms in total. The number of carbonyl (C=O) groups is 1. The number of nitrogens with one attached hydrogen (secondary N) is 3. The van der Waals surface area contributed by atoms with Crippen LogP contribution in [-0.4, -0.2) is 17.1 Å². The Morgan fingerprint density at radius 2 is 1.81 bits per heavy atom. The summed E-state index contributed by atoms with van der Waals surface area (Å²) in [5.41, 5.74) is 13.6. The van der Waals surface area contributed by atoms with Crippen molar-refractivity contribution in [3.63, 3.8) is 0 Å². The van der Waals surface area contributed by atoms with Gasteiger partial charge in [0.25, 0.3) is 5.91 Å². The lowest BCUT2D eigenvalue weighted by atomic mass is 10.0. The zero-order valence-electron chi connectivity index (χ0n) is 16.3. The maximum absolute atomic E-state index is 14.2. The number of aromatic nitrogens is 1. The summed E-state index contributed by atoms with van der Waals surface area (Å²) >= 11 is 0. The van der Waals surface area contributed by atoms with Crippen LogP contribution < -0.4 is 22.1 Å². The lowest BCUT2D eigenvalue weighted by Crippen LogP contribution is -2.24. The minimum Gasteiger partial charge on any atom is -0.395 e. The van der Waals surface area contributed by atoms with E-state index in [0.29, 0.717) is 22.4 Å². The predicted molar refractivity (Wildman–Crippen MR) is 117 cm³/mol. The van der Waals surface area contributed by atoms with Crippen LogP contribution in [0.15, 0.2) is 60.9 Å². The molecule has 1 amide bonds. The van der Waals surface area contributed by atoms with E-state index in [1.807, 2.05) is 0 Å². The first kappa shape index (κ1) is 21.4. The van der Waals surface area contributed by atoms with Crippen molar-refractivity contribution in [1.29, 1.82) is 5.41 Å². The van der Waals surface area contributed by atoms with Crippen molar-refractivity contribution in [2.75, 3.05) is 16.8 Å². The van der Waals surface area contributed by atoms with Crippen LogP contribution in [0.3, 0.4) is 0 Å². The molecule has 0 bridgehead atoms. The number of nitrogens with two attached hydrogens (primary N) is 2. The van der Waals surface area contributed by atoms with Crippen LogP contribution >= 0.6 is 0 Å². The molecule has 0 saturated carbocycles. The van der Waals surface area contributed by atoms with E-state index < -0.39 is 11.7 Å². The molecule has 0 aliphatic heterocycles. The third kappa shape index (κ3) is 5.41. The third-order valence-electron chi connectivity index (χ3n) is 4.40. The summed E-state index contributed by atoms with van der Waals surface area (Å²) < 4.78 is 27.2. The normalized spacial score (nSPS) is 11.1. The molecule has 2 aromatic carbocycles. The smallest absolute Gasteiger partial charge is 0.253 e. The van der Waals surface area contributed by atoms with E-state index in [-0.39, 0.29) is 29.4 Å². The molecule has 1 aromatic heterocycles. The van der Waals surface area contributed by atoms with Crippen molar-refractivity contribution in [2.45, 2.75) is 6.54 Å². The topological polar surface area (TPSA) is 130 Å². The first-order valence-corrected chi connectivity index (χ1v) is 9.18. The molecule has 0 aliphatic carbocycles. The molecule has 7 N–H and O–H groups in total. The molecule has 3 aromatic rings. The van der Waals surface area contributed by atoms with Gasteiger partial charge in [0.15, 0.2) is 0 Å². The van der Waals surface area contributed by atoms with Gasteiger partial charge in [0.1, 0.15) is 17.5 Å². The van der Waals surface area contributed by atoms with Crippen molar-refractivity contribution in [3.8, 4) is 0 Å². The molecule has 158 valence electrons. The van der Waals surface area contributed by atoms with E-state index in [0.717, 1.165) is 6.21 Å². The summed E-state index contributed by atoms with van der Waals surface area (Å²) in [6.07, 6.45) is 3.95. The Balaban J connectivity index is 1.76. The summed E-state index contributed by atoms with van der Waals surface area (Å²) in [6, 6.07) is 11.3. The Morgan fingerprint density at radius 1 is 1.06 bits per heavy atom. The average Bonchev–Trinajstić information content (AvgIpc) is 2.75. The van der Waals surface area contributed by atoms with Crippen LogP contribution in [0.1, 0.15) is 21.5 Å². The predicted octanol–water partition coefficient (Wildman–Crippen LogP) is 3.56. The molecule has 0 saturated heterocycles. The van der Waals surface area contributed by atoms with Gasteiger partial charge in [-0.3, -0.25) is 4.79 Å². The number of hydrogen-bond donors (Lipinski definition) is 5. The highest BCUT2D eigenvalue weighted by atomic mass is 19.1. The fourth-order valence-corrected chi connectivity index (χ4v) is 2.80. The van der Waals surface area contributed by atoms with Crippen LogP contribution in [0.2, 0.25) is 0 Å². The summed E-state index contributed by atoms with van der Waals surface area (Å²) in [5, 5.41) is 13.2. The number of halogens is 2. The minimum atomic E-state index is -0.524. The molecule has 0 aliphatic rings. The first-order valence-electron chi connectivity index (χ1n) is 9.18. The van der Waals surface area contributed by atoms with Gasteiger partial charge in [-0.05, 0) is 59.7 Å². The van der Waals surface area contributed by atoms with Gasteiger partial charge in [0.05, 0.1) is 11.3 Å². The second-order valence-corrected chi connectivity index (χ2v) is 6.58. The van der Waals surface area contributed by atoms with Crippen LogP contribution in [0.5, 0.6) is 0 Å². The Bertz CT molecular complexity index is 1150. The van der Waals surface area contributed by atoms with Crippen LogP contribution in [0.25, 0.3) is 5.57 Å². The fourth-order valence-electron chi connectivity index (χ4n) is 2.80. The molecule has 3 rings (SSSR count). The van der Waals surface area contributed by atoms with Gasteiger partial charge in [-0.15, -0.1) is 0 Å². The average molecular weight is 422 g/mol. The highest BCUT2D eigenvalue weighted by Crippen LogP contribution is 2.19. The molecule has 0 fully saturated rings. The highest BCUT2D eigenvalue weighted by molar-refractivity contribution is 6.08. The van der Waals surface area contributed by atoms with Crippen molar-refractivity contribution >= 4 is 34.9 Å². The second kappa shape index (κ2) is 9.49. The summed E-state index contributed by atoms with van der Waals surface area (Å²) in [7, 11) is 0. The van der Waals surface area contributed by atoms with E-state index in [1.54, 1.807) is 6.07 Å². The number of hydrogen-bond acceptors (Lipinski definition) is 6. The van der Waals surface area contributed by atoms with Gasteiger partial charge >= 0.3 is 0 Å². The lowest BCUT2D eigenvalue weighted by molar-refractivity contribution is 0.0951. The number of pyridine rings is 1. The highest BCUT2D eigenvalue weighted by Gasteiger charge is 2.12. The molecule has 1 heterocycles. The van der Waals surface area contributed by atoms with Crippen molar-refractivity contribution in [3.05, 3.63) is 89.3 Å². The van der Waals surface area contributed by atoms with Crippen LogP contribution in [-0.2, 0) is 6.54 Å². The van der Waals surface area contributed by atoms with Gasteiger partial charge in [-0.25, -0.2) is 13.8 Å². The molecule has 0 atom stereocenters. The monoisotopic (exact) mass is 422 g/mol. The number of nitrogen functional groups attached to an aromatic ring is 2. The zero-order chi connectivity index (χ0) is 22.4. The molecule has 0 spiro atoms. The number of rotatable bonds is 7. The molecular weight excluding hydrogens is 402 g/mol. The number of amides is 1. The van der Waals surface area contributed by atoms with Gasteiger partial charge in [0.2, 0.25) is 0 Å². The van der Waals surface area contributed by atoms with Gasteiger partial charge in [-0.2, -0.15) is 0 Å². The van der Waals surface area contributed by atoms with Crippen LogP contribution in [0.4, 0.5) is 26.0 Å². The lowest BCUT2D eigenvalue weighted by Gasteiger charge is -2.11. The maximum atomic E-state index is 14.2. The maximum Gasteiger partial charge on any atom is 0.253 e. The summed E-state index contributed by atoms with van der Waals surface area (Å²) in [4.78, 5) is 16.2. The quantitative estimate of drug-likeness (QED) is 0.372. The van der Waals surface area contributed by atoms with Gasteiger partial charge < -0.3 is 27.5 Å². The van der Waals surface area contributed by atoms with Crippen molar-refractivity contribution in [2.24, 2.45) is 0 Å². The van der Waals surface area contributed by atoms with Crippen molar-refractivity contribution in [1.82, 2.24) is 10.3 Å². The molecule has 9 heteroatoms. The molecule has 0 unspecified atom stereocenters. The van der Waals surface area contributed by atoms with E-state index >= 15 is 0 Å². The fraction of sp³-hybridized carbons (Fsp3) is 0.0455. The Kier molecular flexibility index (Phi) is 6.56. The van der Waals surface area contributed by atoms with Gasteiger partial charge in [0, 0.05) is 36.4 Å². The van der Waals surface area contributed by atoms with Gasteiger partial charge in [-0.1, -0.05) is 0 Å². The number of allylic oxidation sites excluding steroid dienone is 1. The molecule has 31 heavy (non-hydrogen) atoms. The Morgan fingerprint density at radius 3 is 2.52 bits per heavy atom. The number of nitrogens with zero attached hydrogens (tertiary/aromatic N) is 1. The molecular formula is C22H20F2N6O. The SMILES string of the molecule is N=C/C(=C\Nc1ccc(F)cc1)c1cc(F)cc(CNC(=O)c2ccnc(N)c2N)c1. The van der Waals surface area contributed by atoms with Crippen LogP contribution in [0, 0.1) is 17.0 Å². The largest absolute Gasteiger partial charge is 0.395 e.